The highest BCUT2D eigenvalue weighted by atomic mass is 16.5. The molecule has 3 aromatic carbocycles. The van der Waals surface area contributed by atoms with Crippen LogP contribution in [0.2, 0.25) is 0 Å². The molecule has 0 unspecified atom stereocenters. The van der Waals surface area contributed by atoms with Gasteiger partial charge >= 0.3 is 0 Å². The molecule has 0 spiro atoms. The van der Waals surface area contributed by atoms with E-state index in [1.165, 1.54) is 34.5 Å². The maximum Gasteiger partial charge on any atom is 0.254 e. The number of pyridine rings is 2. The van der Waals surface area contributed by atoms with E-state index in [1.807, 2.05) is 0 Å². The van der Waals surface area contributed by atoms with Crippen molar-refractivity contribution in [2.24, 2.45) is 11.8 Å². The van der Waals surface area contributed by atoms with Crippen LogP contribution in [-0.4, -0.2) is 196 Å². The van der Waals surface area contributed by atoms with E-state index in [0.29, 0.717) is 107 Å². The summed E-state index contributed by atoms with van der Waals surface area (Å²) in [4.78, 5) is 137. The molecule has 0 aliphatic carbocycles. The number of amides is 9. The number of nitrogens with one attached hydrogen (secondary N) is 7. The Morgan fingerprint density at radius 1 is 0.511 bits per heavy atom. The van der Waals surface area contributed by atoms with E-state index >= 15 is 0 Å². The molecule has 2 aliphatic heterocycles. The van der Waals surface area contributed by atoms with Gasteiger partial charge in [-0.25, -0.2) is 0 Å². The summed E-state index contributed by atoms with van der Waals surface area (Å²) in [5.74, 6) is -5.15. The minimum atomic E-state index is -1.33. The molecule has 26 nitrogen and oxygen atoms in total. The van der Waals surface area contributed by atoms with Gasteiger partial charge in [0.25, 0.3) is 11.8 Å². The maximum atomic E-state index is 14.8. The summed E-state index contributed by atoms with van der Waals surface area (Å²) in [5.41, 5.74) is 2.35. The average molecular weight is 1300 g/mol. The number of anilines is 2. The lowest BCUT2D eigenvalue weighted by Crippen LogP contribution is -2.60. The second kappa shape index (κ2) is 37.4. The molecule has 2 fully saturated rings. The predicted molar refractivity (Wildman–Crippen MR) is 347 cm³/mol. The summed E-state index contributed by atoms with van der Waals surface area (Å²) >= 11 is 0. The van der Waals surface area contributed by atoms with Gasteiger partial charge in [0.15, 0.2) is 0 Å². The highest BCUT2D eigenvalue weighted by molar-refractivity contribution is 6.03. The Hall–Kier alpha value is -9.37. The van der Waals surface area contributed by atoms with Crippen molar-refractivity contribution in [2.45, 2.75) is 102 Å². The zero-order valence-corrected chi connectivity index (χ0v) is 54.1. The number of benzene rings is 3. The fraction of sp³-hybridized carbons (Fsp3) is 0.456. The molecule has 7 N–H and O–H groups in total. The molecule has 94 heavy (non-hydrogen) atoms. The fourth-order valence-electron chi connectivity index (χ4n) is 10.6. The Morgan fingerprint density at radius 2 is 1.02 bits per heavy atom. The molecule has 9 amide bonds. The Kier molecular flexibility index (Phi) is 28.6. The Bertz CT molecular complexity index is 3290. The van der Waals surface area contributed by atoms with Gasteiger partial charge < -0.3 is 75.4 Å². The fourth-order valence-corrected chi connectivity index (χ4v) is 10.6. The average Bonchev–Trinajstić information content (AvgIpc) is 1.57. The number of hydrogen-bond acceptors (Lipinski definition) is 17. The topological polar surface area (TPSA) is 325 Å². The number of methoxy groups -OCH3 is 2. The molecule has 5 aromatic rings. The van der Waals surface area contributed by atoms with Gasteiger partial charge in [0.05, 0.1) is 63.6 Å². The van der Waals surface area contributed by atoms with Gasteiger partial charge in [0.1, 0.15) is 61.0 Å². The standard InChI is InChI=1S/C68H87N11O15/c1-44(2)59(66(86)72-50-14-7-12-48(40-50)68(88)79-29-11-16-56(79)64(84)71-43-58(80)78-28-10-17-57(78)65(85)73-51-15-9-27-70-42-51)76-63(83)55(39-47-20-24-53(25-21-47)94-37-35-92-33-31-90-6)75-67(87)60(45(3)4)77-62(82)54(74-61(81)49-13-8-26-69-41-49)38-46-18-22-52(23-19-46)93-36-34-91-32-30-89-5/h7-9,12-15,18-27,40-42,44-45,54-57,59-60H,10-11,16-17,28-39,43H2,1-6H3,(H,71,84)(H,72,86)(H,73,85)(H,74,81)(H,75,87)(H,76,83)(H,77,82)/t54-,55-,56-,57-,59-,60-/m0/s1. The molecule has 7 rings (SSSR count). The number of hydrogen-bond donors (Lipinski definition) is 7. The zero-order valence-electron chi connectivity index (χ0n) is 54.1. The van der Waals surface area contributed by atoms with Gasteiger partial charge in [0, 0.05) is 70.0 Å². The smallest absolute Gasteiger partial charge is 0.254 e. The third-order valence-electron chi connectivity index (χ3n) is 15.7. The molecule has 2 aliphatic rings. The van der Waals surface area contributed by atoms with Gasteiger partial charge in [-0.05, 0) is 115 Å². The summed E-state index contributed by atoms with van der Waals surface area (Å²) in [6.45, 7) is 10.1. The van der Waals surface area contributed by atoms with E-state index in [2.05, 4.69) is 47.2 Å². The second-order valence-electron chi connectivity index (χ2n) is 23.3. The first kappa shape index (κ1) is 72.1. The highest BCUT2D eigenvalue weighted by Gasteiger charge is 2.39. The summed E-state index contributed by atoms with van der Waals surface area (Å²) in [6.07, 6.45) is 7.82. The molecule has 4 heterocycles. The number of likely N-dealkylation sites (tertiary alicyclic amines) is 2. The van der Waals surface area contributed by atoms with Crippen LogP contribution in [0.3, 0.4) is 0 Å². The molecular formula is C68H87N11O15. The lowest BCUT2D eigenvalue weighted by Gasteiger charge is -2.29. The van der Waals surface area contributed by atoms with E-state index < -0.39 is 95.3 Å². The molecule has 0 saturated carbocycles. The normalized spacial score (nSPS) is 15.7. The first-order valence-corrected chi connectivity index (χ1v) is 31.6. The molecule has 2 saturated heterocycles. The van der Waals surface area contributed by atoms with E-state index in [1.54, 1.807) is 139 Å². The lowest BCUT2D eigenvalue weighted by molar-refractivity contribution is -0.137. The number of rotatable bonds is 36. The van der Waals surface area contributed by atoms with Gasteiger partial charge in [-0.3, -0.25) is 53.1 Å². The van der Waals surface area contributed by atoms with Crippen molar-refractivity contribution in [3.8, 4) is 11.5 Å². The van der Waals surface area contributed by atoms with Crippen molar-refractivity contribution < 1.29 is 71.6 Å². The maximum absolute atomic E-state index is 14.8. The van der Waals surface area contributed by atoms with Gasteiger partial charge in [-0.2, -0.15) is 0 Å². The van der Waals surface area contributed by atoms with Crippen molar-refractivity contribution in [3.05, 3.63) is 144 Å². The minimum absolute atomic E-state index is 0.0111. The minimum Gasteiger partial charge on any atom is -0.491 e. The summed E-state index contributed by atoms with van der Waals surface area (Å²) in [7, 11) is 3.17. The quantitative estimate of drug-likeness (QED) is 0.0280. The molecule has 26 heteroatoms. The first-order valence-electron chi connectivity index (χ1n) is 31.6. The van der Waals surface area contributed by atoms with Crippen molar-refractivity contribution >= 4 is 64.5 Å². The predicted octanol–water partition coefficient (Wildman–Crippen LogP) is 3.90. The van der Waals surface area contributed by atoms with Crippen LogP contribution in [0.1, 0.15) is 85.2 Å². The zero-order chi connectivity index (χ0) is 67.4. The van der Waals surface area contributed by atoms with E-state index in [9.17, 15) is 43.2 Å². The number of nitrogens with zero attached hydrogens (tertiary/aromatic N) is 4. The monoisotopic (exact) mass is 1300 g/mol. The molecule has 0 radical (unpaired) electrons. The SMILES string of the molecule is COCCOCCOc1ccc(C[C@H](NC(=O)c2cccnc2)C(=O)N[C@H](C(=O)N[C@@H](Cc2ccc(OCCOCCOC)cc2)C(=O)N[C@H](C(=O)Nc2cccc(C(=O)N3CCC[C@H]3C(=O)NCC(=O)N3CCC[C@H]3C(=O)Nc3cccnc3)c2)C(C)C)C(C)C)cc1. The van der Waals surface area contributed by atoms with Crippen LogP contribution in [-0.2, 0) is 65.4 Å². The van der Waals surface area contributed by atoms with Crippen LogP contribution in [0.15, 0.2) is 122 Å². The Morgan fingerprint density at radius 3 is 1.56 bits per heavy atom. The number of aromatic nitrogens is 2. The van der Waals surface area contributed by atoms with E-state index in [0.717, 1.165) is 0 Å². The van der Waals surface area contributed by atoms with Crippen molar-refractivity contribution in [1.82, 2.24) is 46.4 Å². The number of carbonyl (C=O) groups is 9. The Balaban J connectivity index is 1.02. The second-order valence-corrected chi connectivity index (χ2v) is 23.3. The number of carbonyl (C=O) groups excluding carboxylic acids is 9. The molecule has 0 bridgehead atoms. The summed E-state index contributed by atoms with van der Waals surface area (Å²) < 4.78 is 32.7. The summed E-state index contributed by atoms with van der Waals surface area (Å²) in [5, 5.41) is 19.7. The summed E-state index contributed by atoms with van der Waals surface area (Å²) in [6, 6.07) is 20.0. The van der Waals surface area contributed by atoms with Gasteiger partial charge in [-0.15, -0.1) is 0 Å². The van der Waals surface area contributed by atoms with Gasteiger partial charge in [0.2, 0.25) is 41.4 Å². The Labute approximate surface area is 547 Å². The third kappa shape index (κ3) is 22.2. The first-order chi connectivity index (χ1) is 45.4. The van der Waals surface area contributed by atoms with E-state index in [4.69, 9.17) is 28.4 Å². The van der Waals surface area contributed by atoms with Crippen LogP contribution in [0.4, 0.5) is 11.4 Å². The van der Waals surface area contributed by atoms with Crippen molar-refractivity contribution in [1.29, 1.82) is 0 Å². The van der Waals surface area contributed by atoms with Crippen molar-refractivity contribution in [2.75, 3.05) is 97.3 Å². The van der Waals surface area contributed by atoms with Crippen molar-refractivity contribution in [3.63, 3.8) is 0 Å². The van der Waals surface area contributed by atoms with Crippen LogP contribution in [0.25, 0.3) is 0 Å². The highest BCUT2D eigenvalue weighted by Crippen LogP contribution is 2.24. The van der Waals surface area contributed by atoms with E-state index in [-0.39, 0.29) is 55.3 Å². The van der Waals surface area contributed by atoms with Crippen LogP contribution >= 0.6 is 0 Å². The molecular weight excluding hydrogens is 1210 g/mol. The number of ether oxygens (including phenoxy) is 6. The van der Waals surface area contributed by atoms with Crippen LogP contribution in [0.5, 0.6) is 11.5 Å². The molecule has 6 atom stereocenters. The third-order valence-corrected chi connectivity index (χ3v) is 15.7. The molecule has 2 aromatic heterocycles. The van der Waals surface area contributed by atoms with Crippen LogP contribution in [0, 0.1) is 11.8 Å². The largest absolute Gasteiger partial charge is 0.491 e. The lowest BCUT2D eigenvalue weighted by atomic mass is 9.98. The molecule has 504 valence electrons. The van der Waals surface area contributed by atoms with Gasteiger partial charge in [-0.1, -0.05) is 58.0 Å². The van der Waals surface area contributed by atoms with Crippen LogP contribution < -0.4 is 46.7 Å².